The quantitative estimate of drug-likeness (QED) is 0.782. The fourth-order valence-electron chi connectivity index (χ4n) is 2.23. The second-order valence-electron chi connectivity index (χ2n) is 5.17. The van der Waals surface area contributed by atoms with Crippen molar-refractivity contribution < 1.29 is 9.21 Å². The molecule has 3 aromatic rings. The number of aromatic nitrogens is 2. The van der Waals surface area contributed by atoms with Gasteiger partial charge in [0.2, 0.25) is 0 Å². The van der Waals surface area contributed by atoms with Crippen molar-refractivity contribution in [3.05, 3.63) is 47.9 Å². The molecule has 0 bridgehead atoms. The van der Waals surface area contributed by atoms with Gasteiger partial charge in [-0.1, -0.05) is 0 Å². The maximum absolute atomic E-state index is 12.3. The van der Waals surface area contributed by atoms with Gasteiger partial charge in [0.05, 0.1) is 24.0 Å². The summed E-state index contributed by atoms with van der Waals surface area (Å²) >= 11 is 1.14. The van der Waals surface area contributed by atoms with Gasteiger partial charge in [-0.05, 0) is 44.4 Å². The second-order valence-corrected chi connectivity index (χ2v) is 5.70. The summed E-state index contributed by atoms with van der Waals surface area (Å²) in [5.41, 5.74) is 2.13. The van der Waals surface area contributed by atoms with Crippen molar-refractivity contribution in [2.24, 2.45) is 0 Å². The molecule has 114 valence electrons. The van der Waals surface area contributed by atoms with Crippen LogP contribution in [0.1, 0.15) is 22.2 Å². The van der Waals surface area contributed by atoms with E-state index in [1.54, 1.807) is 18.4 Å². The molecule has 0 aliphatic carbocycles. The van der Waals surface area contributed by atoms with Crippen molar-refractivity contribution in [3.8, 4) is 0 Å². The normalized spacial score (nSPS) is 12.7. The first-order chi connectivity index (χ1) is 10.6. The van der Waals surface area contributed by atoms with Crippen LogP contribution in [0.25, 0.3) is 11.0 Å². The first kappa shape index (κ1) is 14.7. The maximum atomic E-state index is 12.3. The highest BCUT2D eigenvalue weighted by Gasteiger charge is 2.18. The van der Waals surface area contributed by atoms with E-state index in [9.17, 15) is 4.79 Å². The molecular formula is C15H16N4O2S. The number of hydrogen-bond acceptors (Lipinski definition) is 6. The van der Waals surface area contributed by atoms with Crippen LogP contribution in [0.5, 0.6) is 0 Å². The molecule has 2 aromatic heterocycles. The molecule has 6 nitrogen and oxygen atoms in total. The van der Waals surface area contributed by atoms with Crippen LogP contribution in [0.2, 0.25) is 0 Å². The number of benzene rings is 1. The Morgan fingerprint density at radius 2 is 2.14 bits per heavy atom. The van der Waals surface area contributed by atoms with E-state index in [-0.39, 0.29) is 11.9 Å². The summed E-state index contributed by atoms with van der Waals surface area (Å²) < 4.78 is 13.7. The number of carbonyl (C=O) groups is 1. The van der Waals surface area contributed by atoms with E-state index in [1.807, 2.05) is 37.2 Å². The van der Waals surface area contributed by atoms with E-state index in [4.69, 9.17) is 4.42 Å². The minimum Gasteiger partial charge on any atom is -0.468 e. The number of fused-ring (bicyclic) bond motifs is 1. The van der Waals surface area contributed by atoms with Crippen LogP contribution in [0.3, 0.4) is 0 Å². The van der Waals surface area contributed by atoms with Crippen LogP contribution in [-0.4, -0.2) is 40.2 Å². The number of likely N-dealkylation sites (N-methyl/N-ethyl adjacent to an activating group) is 1. The fraction of sp³-hybridized carbons (Fsp3) is 0.267. The van der Waals surface area contributed by atoms with Crippen molar-refractivity contribution in [1.29, 1.82) is 0 Å². The Hall–Kier alpha value is -2.25. The molecular weight excluding hydrogens is 300 g/mol. The highest BCUT2D eigenvalue weighted by molar-refractivity contribution is 7.00. The summed E-state index contributed by atoms with van der Waals surface area (Å²) in [4.78, 5) is 14.3. The smallest absolute Gasteiger partial charge is 0.251 e. The van der Waals surface area contributed by atoms with Gasteiger partial charge >= 0.3 is 0 Å². The first-order valence-corrected chi connectivity index (χ1v) is 7.58. The number of nitrogens with zero attached hydrogens (tertiary/aromatic N) is 3. The average molecular weight is 316 g/mol. The van der Waals surface area contributed by atoms with E-state index >= 15 is 0 Å². The Bertz CT molecular complexity index is 767. The van der Waals surface area contributed by atoms with Gasteiger partial charge in [0.1, 0.15) is 16.8 Å². The lowest BCUT2D eigenvalue weighted by atomic mass is 10.1. The summed E-state index contributed by atoms with van der Waals surface area (Å²) in [6.07, 6.45) is 1.64. The lowest BCUT2D eigenvalue weighted by molar-refractivity contribution is 0.0939. The van der Waals surface area contributed by atoms with Gasteiger partial charge in [0.15, 0.2) is 0 Å². The van der Waals surface area contributed by atoms with Crippen molar-refractivity contribution in [2.75, 3.05) is 20.6 Å². The molecule has 7 heteroatoms. The molecule has 0 fully saturated rings. The van der Waals surface area contributed by atoms with Crippen LogP contribution >= 0.6 is 11.7 Å². The Labute approximate surface area is 132 Å². The van der Waals surface area contributed by atoms with Gasteiger partial charge in [0, 0.05) is 12.1 Å². The molecule has 0 radical (unpaired) electrons. The minimum atomic E-state index is -0.131. The highest BCUT2D eigenvalue weighted by Crippen LogP contribution is 2.18. The Kier molecular flexibility index (Phi) is 4.17. The molecule has 0 saturated heterocycles. The second kappa shape index (κ2) is 6.25. The fourth-order valence-corrected chi connectivity index (χ4v) is 2.75. The van der Waals surface area contributed by atoms with Gasteiger partial charge in [-0.2, -0.15) is 8.75 Å². The number of hydrogen-bond donors (Lipinski definition) is 1. The largest absolute Gasteiger partial charge is 0.468 e. The Balaban J connectivity index is 1.70. The van der Waals surface area contributed by atoms with Crippen LogP contribution in [0.15, 0.2) is 41.0 Å². The summed E-state index contributed by atoms with van der Waals surface area (Å²) in [5.74, 6) is 0.692. The molecule has 0 aliphatic heterocycles. The third kappa shape index (κ3) is 3.00. The van der Waals surface area contributed by atoms with Crippen molar-refractivity contribution in [3.63, 3.8) is 0 Å². The molecule has 0 saturated carbocycles. The van der Waals surface area contributed by atoms with E-state index < -0.39 is 0 Å². The van der Waals surface area contributed by atoms with Crippen LogP contribution in [0, 0.1) is 0 Å². The number of nitrogens with one attached hydrogen (secondary N) is 1. The third-order valence-electron chi connectivity index (χ3n) is 3.47. The molecule has 0 unspecified atom stereocenters. The van der Waals surface area contributed by atoms with E-state index in [2.05, 4.69) is 14.1 Å². The first-order valence-electron chi connectivity index (χ1n) is 6.85. The summed E-state index contributed by atoms with van der Waals surface area (Å²) in [7, 11) is 3.90. The average Bonchev–Trinajstić information content (AvgIpc) is 3.17. The summed E-state index contributed by atoms with van der Waals surface area (Å²) in [5, 5.41) is 2.94. The zero-order valence-corrected chi connectivity index (χ0v) is 13.1. The topological polar surface area (TPSA) is 71.3 Å². The predicted molar refractivity (Wildman–Crippen MR) is 84.9 cm³/mol. The molecule has 1 N–H and O–H groups in total. The van der Waals surface area contributed by atoms with E-state index in [1.165, 1.54) is 0 Å². The SMILES string of the molecule is CN(C)[C@H](CNC(=O)c1ccc2nsnc2c1)c1ccco1. The van der Waals surface area contributed by atoms with Crippen molar-refractivity contribution >= 4 is 28.7 Å². The van der Waals surface area contributed by atoms with Crippen molar-refractivity contribution in [2.45, 2.75) is 6.04 Å². The van der Waals surface area contributed by atoms with Crippen molar-refractivity contribution in [1.82, 2.24) is 19.0 Å². The van der Waals surface area contributed by atoms with E-state index in [0.717, 1.165) is 28.5 Å². The van der Waals surface area contributed by atoms with Crippen LogP contribution < -0.4 is 5.32 Å². The molecule has 1 atom stereocenters. The lowest BCUT2D eigenvalue weighted by Gasteiger charge is -2.22. The number of carbonyl (C=O) groups excluding carboxylic acids is 1. The zero-order chi connectivity index (χ0) is 15.5. The molecule has 0 spiro atoms. The molecule has 1 aromatic carbocycles. The van der Waals surface area contributed by atoms with E-state index in [0.29, 0.717) is 12.1 Å². The van der Waals surface area contributed by atoms with Gasteiger partial charge in [-0.3, -0.25) is 9.69 Å². The molecule has 0 aliphatic rings. The predicted octanol–water partition coefficient (Wildman–Crippen LogP) is 2.32. The van der Waals surface area contributed by atoms with Crippen LogP contribution in [-0.2, 0) is 0 Å². The number of furan rings is 1. The molecule has 22 heavy (non-hydrogen) atoms. The number of rotatable bonds is 5. The van der Waals surface area contributed by atoms with Crippen LogP contribution in [0.4, 0.5) is 0 Å². The summed E-state index contributed by atoms with van der Waals surface area (Å²) in [6, 6.07) is 9.07. The molecule has 1 amide bonds. The van der Waals surface area contributed by atoms with Gasteiger partial charge in [0.25, 0.3) is 5.91 Å². The third-order valence-corrected chi connectivity index (χ3v) is 4.02. The highest BCUT2D eigenvalue weighted by atomic mass is 32.1. The van der Waals surface area contributed by atoms with Gasteiger partial charge in [-0.15, -0.1) is 0 Å². The molecule has 3 rings (SSSR count). The summed E-state index contributed by atoms with van der Waals surface area (Å²) in [6.45, 7) is 0.465. The minimum absolute atomic E-state index is 0.0105. The maximum Gasteiger partial charge on any atom is 0.251 e. The number of amides is 1. The monoisotopic (exact) mass is 316 g/mol. The Morgan fingerprint density at radius 1 is 1.32 bits per heavy atom. The zero-order valence-electron chi connectivity index (χ0n) is 12.3. The lowest BCUT2D eigenvalue weighted by Crippen LogP contribution is -2.34. The Morgan fingerprint density at radius 3 is 2.86 bits per heavy atom. The molecule has 2 heterocycles. The van der Waals surface area contributed by atoms with Gasteiger partial charge in [-0.25, -0.2) is 0 Å². The van der Waals surface area contributed by atoms with Gasteiger partial charge < -0.3 is 9.73 Å². The standard InChI is InChI=1S/C15H16N4O2S/c1-19(2)13(14-4-3-7-21-14)9-16-15(20)10-5-6-11-12(8-10)18-22-17-11/h3-8,13H,9H2,1-2H3,(H,16,20)/t13-/m1/s1.